The van der Waals surface area contributed by atoms with Crippen LogP contribution in [0.2, 0.25) is 5.15 Å². The molecule has 0 spiro atoms. The number of hydrogen-bond acceptors (Lipinski definition) is 3. The van der Waals surface area contributed by atoms with Crippen molar-refractivity contribution >= 4 is 17.6 Å². The third-order valence-corrected chi connectivity index (χ3v) is 1.89. The van der Waals surface area contributed by atoms with Gasteiger partial charge in [-0.25, -0.2) is 4.98 Å². The topological polar surface area (TPSA) is 70.4 Å². The first-order chi connectivity index (χ1) is 6.49. The molecule has 2 N–H and O–H groups in total. The molecule has 0 radical (unpaired) electrons. The average Bonchev–Trinajstić information content (AvgIpc) is 2.00. The summed E-state index contributed by atoms with van der Waals surface area (Å²) in [5.74, 6) is -1.05. The van der Waals surface area contributed by atoms with E-state index in [0.717, 1.165) is 0 Å². The molecule has 14 heavy (non-hydrogen) atoms. The zero-order chi connectivity index (χ0) is 10.7. The highest BCUT2D eigenvalue weighted by Gasteiger charge is 2.13. The van der Waals surface area contributed by atoms with Gasteiger partial charge in [0.05, 0.1) is 12.5 Å². The van der Waals surface area contributed by atoms with Gasteiger partial charge >= 0.3 is 5.97 Å². The number of aromatic nitrogens is 1. The second-order valence-corrected chi connectivity index (χ2v) is 3.37. The number of carbonyl (C=O) groups is 1. The average molecular weight is 216 g/mol. The molecule has 76 valence electrons. The van der Waals surface area contributed by atoms with Gasteiger partial charge in [0.15, 0.2) is 0 Å². The van der Waals surface area contributed by atoms with Crippen molar-refractivity contribution in [3.63, 3.8) is 0 Å². The van der Waals surface area contributed by atoms with Gasteiger partial charge in [0, 0.05) is 5.69 Å². The predicted molar refractivity (Wildman–Crippen MR) is 51.2 cm³/mol. The third-order valence-electron chi connectivity index (χ3n) is 1.70. The Hall–Kier alpha value is -1.13. The Morgan fingerprint density at radius 3 is 2.79 bits per heavy atom. The molecule has 0 saturated heterocycles. The van der Waals surface area contributed by atoms with Crippen LogP contribution >= 0.6 is 11.6 Å². The fraction of sp³-hybridized carbons (Fsp3) is 0.333. The second kappa shape index (κ2) is 4.39. The van der Waals surface area contributed by atoms with E-state index in [0.29, 0.717) is 11.3 Å². The number of pyridine rings is 1. The number of hydrogen-bond donors (Lipinski definition) is 2. The van der Waals surface area contributed by atoms with Gasteiger partial charge in [0.25, 0.3) is 0 Å². The van der Waals surface area contributed by atoms with Crippen molar-refractivity contribution in [3.05, 3.63) is 28.5 Å². The molecule has 1 rings (SSSR count). The normalized spacial score (nSPS) is 12.5. The number of aliphatic hydroxyl groups excluding tert-OH is 1. The molecule has 0 amide bonds. The molecule has 1 aromatic heterocycles. The number of aliphatic carboxylic acids is 1. The SMILES string of the molecule is Cc1cc([C@@H](O)CC(=O)O)cc(Cl)n1. The van der Waals surface area contributed by atoms with E-state index < -0.39 is 12.1 Å². The first-order valence-electron chi connectivity index (χ1n) is 4.03. The minimum absolute atomic E-state index is 0.254. The van der Waals surface area contributed by atoms with Crippen LogP contribution in [0.1, 0.15) is 23.8 Å². The number of nitrogens with zero attached hydrogens (tertiary/aromatic N) is 1. The molecule has 1 atom stereocenters. The van der Waals surface area contributed by atoms with Crippen molar-refractivity contribution in [2.75, 3.05) is 0 Å². The summed E-state index contributed by atoms with van der Waals surface area (Å²) in [7, 11) is 0. The minimum Gasteiger partial charge on any atom is -0.481 e. The zero-order valence-electron chi connectivity index (χ0n) is 7.57. The Labute approximate surface area is 86.2 Å². The van der Waals surface area contributed by atoms with Crippen molar-refractivity contribution in [2.45, 2.75) is 19.4 Å². The number of carboxylic acids is 1. The van der Waals surface area contributed by atoms with Crippen molar-refractivity contribution in [1.82, 2.24) is 4.98 Å². The maximum absolute atomic E-state index is 10.3. The number of rotatable bonds is 3. The lowest BCUT2D eigenvalue weighted by molar-refractivity contribution is -0.139. The number of aliphatic hydroxyl groups is 1. The van der Waals surface area contributed by atoms with Crippen LogP contribution in [0.3, 0.4) is 0 Å². The van der Waals surface area contributed by atoms with Crippen LogP contribution in [-0.4, -0.2) is 21.2 Å². The first kappa shape index (κ1) is 10.9. The number of aryl methyl sites for hydroxylation is 1. The van der Waals surface area contributed by atoms with Crippen LogP contribution in [0.4, 0.5) is 0 Å². The Morgan fingerprint density at radius 2 is 2.29 bits per heavy atom. The quantitative estimate of drug-likeness (QED) is 0.751. The molecule has 1 aromatic rings. The molecular weight excluding hydrogens is 206 g/mol. The van der Waals surface area contributed by atoms with Gasteiger partial charge < -0.3 is 10.2 Å². The van der Waals surface area contributed by atoms with E-state index in [1.807, 2.05) is 0 Å². The van der Waals surface area contributed by atoms with E-state index in [1.165, 1.54) is 6.07 Å². The lowest BCUT2D eigenvalue weighted by Gasteiger charge is -2.08. The van der Waals surface area contributed by atoms with Gasteiger partial charge in [-0.05, 0) is 24.6 Å². The van der Waals surface area contributed by atoms with Gasteiger partial charge in [-0.3, -0.25) is 4.79 Å². The molecule has 0 unspecified atom stereocenters. The van der Waals surface area contributed by atoms with E-state index in [4.69, 9.17) is 16.7 Å². The summed E-state index contributed by atoms with van der Waals surface area (Å²) < 4.78 is 0. The van der Waals surface area contributed by atoms with Crippen molar-refractivity contribution in [2.24, 2.45) is 0 Å². The Morgan fingerprint density at radius 1 is 1.64 bits per heavy atom. The first-order valence-corrected chi connectivity index (χ1v) is 4.41. The highest BCUT2D eigenvalue weighted by Crippen LogP contribution is 2.20. The highest BCUT2D eigenvalue weighted by molar-refractivity contribution is 6.29. The summed E-state index contributed by atoms with van der Waals surface area (Å²) in [4.78, 5) is 14.2. The third kappa shape index (κ3) is 2.97. The molecular formula is C9H10ClNO3. The smallest absolute Gasteiger partial charge is 0.306 e. The van der Waals surface area contributed by atoms with Gasteiger partial charge in [0.2, 0.25) is 0 Å². The van der Waals surface area contributed by atoms with Crippen LogP contribution in [-0.2, 0) is 4.79 Å². The van der Waals surface area contributed by atoms with Gasteiger partial charge in [-0.1, -0.05) is 11.6 Å². The molecule has 0 aliphatic heterocycles. The van der Waals surface area contributed by atoms with E-state index in [-0.39, 0.29) is 11.6 Å². The van der Waals surface area contributed by atoms with Crippen LogP contribution < -0.4 is 0 Å². The molecule has 0 bridgehead atoms. The standard InChI is InChI=1S/C9H10ClNO3/c1-5-2-6(3-8(10)11-5)7(12)4-9(13)14/h2-3,7,12H,4H2,1H3,(H,13,14)/t7-/m0/s1. The second-order valence-electron chi connectivity index (χ2n) is 2.98. The van der Waals surface area contributed by atoms with E-state index in [9.17, 15) is 9.90 Å². The van der Waals surface area contributed by atoms with Crippen molar-refractivity contribution < 1.29 is 15.0 Å². The number of halogens is 1. The molecule has 0 aliphatic rings. The molecule has 1 heterocycles. The minimum atomic E-state index is -1.05. The summed E-state index contributed by atoms with van der Waals surface area (Å²) >= 11 is 5.66. The monoisotopic (exact) mass is 215 g/mol. The van der Waals surface area contributed by atoms with Gasteiger partial charge in [0.1, 0.15) is 5.15 Å². The van der Waals surface area contributed by atoms with Crippen LogP contribution in [0.15, 0.2) is 12.1 Å². The van der Waals surface area contributed by atoms with Crippen molar-refractivity contribution in [3.8, 4) is 0 Å². The lowest BCUT2D eigenvalue weighted by atomic mass is 10.1. The fourth-order valence-corrected chi connectivity index (χ4v) is 1.39. The lowest BCUT2D eigenvalue weighted by Crippen LogP contribution is -2.06. The van der Waals surface area contributed by atoms with Gasteiger partial charge in [-0.2, -0.15) is 0 Å². The molecule has 0 aromatic carbocycles. The highest BCUT2D eigenvalue weighted by atomic mass is 35.5. The summed E-state index contributed by atoms with van der Waals surface area (Å²) in [5.41, 5.74) is 1.13. The molecule has 0 saturated carbocycles. The summed E-state index contributed by atoms with van der Waals surface area (Å²) in [6, 6.07) is 3.07. The number of carboxylic acid groups (broad SMARTS) is 1. The largest absolute Gasteiger partial charge is 0.481 e. The summed E-state index contributed by atoms with van der Waals surface area (Å²) in [5, 5.41) is 18.2. The molecule has 0 fully saturated rings. The zero-order valence-corrected chi connectivity index (χ0v) is 8.32. The van der Waals surface area contributed by atoms with E-state index in [1.54, 1.807) is 13.0 Å². The Bertz CT molecular complexity index is 334. The molecule has 0 aliphatic carbocycles. The molecule has 5 heteroatoms. The van der Waals surface area contributed by atoms with Crippen LogP contribution in [0.5, 0.6) is 0 Å². The van der Waals surface area contributed by atoms with Crippen LogP contribution in [0.25, 0.3) is 0 Å². The maximum atomic E-state index is 10.3. The Balaban J connectivity index is 2.89. The molecule has 4 nitrogen and oxygen atoms in total. The Kier molecular flexibility index (Phi) is 3.43. The predicted octanol–water partition coefficient (Wildman–Crippen LogP) is 1.55. The van der Waals surface area contributed by atoms with E-state index >= 15 is 0 Å². The summed E-state index contributed by atoms with van der Waals surface area (Å²) in [6.45, 7) is 1.73. The van der Waals surface area contributed by atoms with Crippen LogP contribution in [0, 0.1) is 6.92 Å². The van der Waals surface area contributed by atoms with Gasteiger partial charge in [-0.15, -0.1) is 0 Å². The van der Waals surface area contributed by atoms with Crippen molar-refractivity contribution in [1.29, 1.82) is 0 Å². The fourth-order valence-electron chi connectivity index (χ4n) is 1.13. The van der Waals surface area contributed by atoms with E-state index in [2.05, 4.69) is 4.98 Å². The maximum Gasteiger partial charge on any atom is 0.306 e. The summed E-state index contributed by atoms with van der Waals surface area (Å²) in [6.07, 6.45) is -1.37.